The van der Waals surface area contributed by atoms with E-state index in [0.717, 1.165) is 48.3 Å². The van der Waals surface area contributed by atoms with Crippen LogP contribution in [0.2, 0.25) is 0 Å². The maximum Gasteiger partial charge on any atom is 0.0882 e. The van der Waals surface area contributed by atoms with Crippen LogP contribution in [0, 0.1) is 40.9 Å². The Hall–Kier alpha value is -0.120. The molecule has 0 aromatic rings. The lowest BCUT2D eigenvalue weighted by molar-refractivity contribution is -0.124. The second-order valence-electron chi connectivity index (χ2n) is 10.4. The molecule has 0 bridgehead atoms. The summed E-state index contributed by atoms with van der Waals surface area (Å²) in [5.41, 5.74) is 6.32. The number of rotatable bonds is 3. The molecule has 4 fully saturated rings. The Morgan fingerprint density at radius 3 is 2.52 bits per heavy atom. The number of hydrogen-bond acceptors (Lipinski definition) is 3. The second-order valence-corrected chi connectivity index (χ2v) is 10.4. The molecule has 4 aliphatic rings. The van der Waals surface area contributed by atoms with Crippen LogP contribution in [0.3, 0.4) is 0 Å². The zero-order chi connectivity index (χ0) is 17.8. The van der Waals surface area contributed by atoms with Crippen LogP contribution >= 0.6 is 0 Å². The van der Waals surface area contributed by atoms with Crippen LogP contribution in [0.5, 0.6) is 0 Å². The molecule has 0 aromatic carbocycles. The van der Waals surface area contributed by atoms with Crippen molar-refractivity contribution in [3.63, 3.8) is 0 Å². The van der Waals surface area contributed by atoms with Gasteiger partial charge in [-0.05, 0) is 106 Å². The lowest BCUT2D eigenvalue weighted by Gasteiger charge is -2.57. The molecule has 3 heteroatoms. The zero-order valence-corrected chi connectivity index (χ0v) is 16.5. The Morgan fingerprint density at radius 1 is 1.04 bits per heavy atom. The van der Waals surface area contributed by atoms with Crippen LogP contribution in [0.15, 0.2) is 0 Å². The standard InChI is InChI=1S/C22H39NO2/c1-14(23)19-6-7-20-18-5-4-15-12-22(24,13-25-3)11-9-16(15)17(18)8-10-21(19,20)2/h14-20,24H,4-13,23H2,1-3H3/t14-,15-,16+,17-,18-,19-,20+,21-,22-/m1/s1. The van der Waals surface area contributed by atoms with E-state index in [4.69, 9.17) is 10.5 Å². The van der Waals surface area contributed by atoms with Crippen molar-refractivity contribution >= 4 is 0 Å². The van der Waals surface area contributed by atoms with Gasteiger partial charge in [0.2, 0.25) is 0 Å². The predicted octanol–water partition coefficient (Wildman–Crippen LogP) is 3.98. The largest absolute Gasteiger partial charge is 0.387 e. The maximum atomic E-state index is 10.9. The van der Waals surface area contributed by atoms with Crippen molar-refractivity contribution in [2.45, 2.75) is 83.3 Å². The van der Waals surface area contributed by atoms with E-state index in [0.29, 0.717) is 18.1 Å². The van der Waals surface area contributed by atoms with Gasteiger partial charge in [-0.15, -0.1) is 0 Å². The highest BCUT2D eigenvalue weighted by Crippen LogP contribution is 2.64. The van der Waals surface area contributed by atoms with Crippen LogP contribution in [-0.4, -0.2) is 30.5 Å². The third kappa shape index (κ3) is 2.89. The van der Waals surface area contributed by atoms with Crippen molar-refractivity contribution < 1.29 is 9.84 Å². The number of hydrogen-bond donors (Lipinski definition) is 2. The molecule has 0 heterocycles. The van der Waals surface area contributed by atoms with Gasteiger partial charge in [-0.3, -0.25) is 0 Å². The zero-order valence-electron chi connectivity index (χ0n) is 16.5. The lowest BCUT2D eigenvalue weighted by Crippen LogP contribution is -2.52. The summed E-state index contributed by atoms with van der Waals surface area (Å²) < 4.78 is 5.31. The SMILES string of the molecule is COC[C@@]1(O)CC[C@H]2[C@H](CC[C@@H]3[C@@H]2CC[C@]2(C)[C@@H]([C@@H](C)N)CC[C@@H]32)C1. The van der Waals surface area contributed by atoms with Crippen molar-refractivity contribution in [2.24, 2.45) is 46.7 Å². The van der Waals surface area contributed by atoms with Gasteiger partial charge in [-0.25, -0.2) is 0 Å². The summed E-state index contributed by atoms with van der Waals surface area (Å²) in [5, 5.41) is 10.9. The summed E-state index contributed by atoms with van der Waals surface area (Å²) in [7, 11) is 1.72. The van der Waals surface area contributed by atoms with E-state index in [9.17, 15) is 5.11 Å². The fraction of sp³-hybridized carbons (Fsp3) is 1.00. The van der Waals surface area contributed by atoms with Crippen LogP contribution < -0.4 is 5.73 Å². The first-order valence-corrected chi connectivity index (χ1v) is 10.8. The van der Waals surface area contributed by atoms with E-state index in [1.807, 2.05) is 0 Å². The van der Waals surface area contributed by atoms with Gasteiger partial charge < -0.3 is 15.6 Å². The summed E-state index contributed by atoms with van der Waals surface area (Å²) in [5.74, 6) is 5.06. The Balaban J connectivity index is 1.50. The molecule has 0 amide bonds. The molecule has 144 valence electrons. The lowest BCUT2D eigenvalue weighted by atomic mass is 9.48. The van der Waals surface area contributed by atoms with E-state index in [2.05, 4.69) is 13.8 Å². The van der Waals surface area contributed by atoms with Gasteiger partial charge >= 0.3 is 0 Å². The first kappa shape index (κ1) is 18.3. The van der Waals surface area contributed by atoms with E-state index in [1.54, 1.807) is 7.11 Å². The number of methoxy groups -OCH3 is 1. The first-order chi connectivity index (χ1) is 11.9. The third-order valence-corrected chi connectivity index (χ3v) is 9.23. The molecule has 0 spiro atoms. The Labute approximate surface area is 154 Å². The highest BCUT2D eigenvalue weighted by Gasteiger charge is 2.58. The number of fused-ring (bicyclic) bond motifs is 5. The van der Waals surface area contributed by atoms with Crippen LogP contribution in [0.4, 0.5) is 0 Å². The number of ether oxygens (including phenoxy) is 1. The molecule has 0 unspecified atom stereocenters. The monoisotopic (exact) mass is 349 g/mol. The third-order valence-electron chi connectivity index (χ3n) is 9.23. The van der Waals surface area contributed by atoms with Gasteiger partial charge in [0.15, 0.2) is 0 Å². The topological polar surface area (TPSA) is 55.5 Å². The van der Waals surface area contributed by atoms with E-state index >= 15 is 0 Å². The molecule has 0 aromatic heterocycles. The van der Waals surface area contributed by atoms with E-state index < -0.39 is 5.60 Å². The molecule has 3 nitrogen and oxygen atoms in total. The summed E-state index contributed by atoms with van der Waals surface area (Å²) in [6, 6.07) is 0.349. The Kier molecular flexibility index (Phi) is 4.74. The molecule has 4 rings (SSSR count). The van der Waals surface area contributed by atoms with Crippen molar-refractivity contribution in [1.82, 2.24) is 0 Å². The first-order valence-electron chi connectivity index (χ1n) is 10.8. The predicted molar refractivity (Wildman–Crippen MR) is 101 cm³/mol. The van der Waals surface area contributed by atoms with Gasteiger partial charge in [0.1, 0.15) is 0 Å². The van der Waals surface area contributed by atoms with Gasteiger partial charge in [0, 0.05) is 13.2 Å². The fourth-order valence-corrected chi connectivity index (χ4v) is 8.27. The minimum absolute atomic E-state index is 0.349. The highest BCUT2D eigenvalue weighted by atomic mass is 16.5. The van der Waals surface area contributed by atoms with Crippen LogP contribution in [0.1, 0.15) is 71.6 Å². The van der Waals surface area contributed by atoms with E-state index in [1.165, 1.54) is 44.9 Å². The molecule has 0 radical (unpaired) electrons. The van der Waals surface area contributed by atoms with Crippen molar-refractivity contribution in [3.8, 4) is 0 Å². The Morgan fingerprint density at radius 2 is 1.80 bits per heavy atom. The molecule has 4 saturated carbocycles. The molecule has 0 aliphatic heterocycles. The normalized spacial score (nSPS) is 53.6. The summed E-state index contributed by atoms with van der Waals surface area (Å²) in [4.78, 5) is 0. The molecule has 4 aliphatic carbocycles. The molecule has 0 saturated heterocycles. The van der Waals surface area contributed by atoms with Crippen molar-refractivity contribution in [1.29, 1.82) is 0 Å². The average molecular weight is 350 g/mol. The van der Waals surface area contributed by atoms with Gasteiger partial charge in [-0.2, -0.15) is 0 Å². The molecule has 3 N–H and O–H groups in total. The maximum absolute atomic E-state index is 10.9. The van der Waals surface area contributed by atoms with Gasteiger partial charge in [0.25, 0.3) is 0 Å². The quantitative estimate of drug-likeness (QED) is 0.810. The van der Waals surface area contributed by atoms with Crippen LogP contribution in [0.25, 0.3) is 0 Å². The van der Waals surface area contributed by atoms with E-state index in [-0.39, 0.29) is 0 Å². The number of aliphatic hydroxyl groups is 1. The highest BCUT2D eigenvalue weighted by molar-refractivity contribution is 5.08. The van der Waals surface area contributed by atoms with Gasteiger partial charge in [0.05, 0.1) is 12.2 Å². The minimum atomic E-state index is -0.556. The average Bonchev–Trinajstić information content (AvgIpc) is 2.91. The number of nitrogens with two attached hydrogens (primary N) is 1. The van der Waals surface area contributed by atoms with Crippen LogP contribution in [-0.2, 0) is 4.74 Å². The molecular formula is C22H39NO2. The van der Waals surface area contributed by atoms with Crippen molar-refractivity contribution in [2.75, 3.05) is 13.7 Å². The van der Waals surface area contributed by atoms with Gasteiger partial charge in [-0.1, -0.05) is 6.92 Å². The summed E-state index contributed by atoms with van der Waals surface area (Å²) >= 11 is 0. The van der Waals surface area contributed by atoms with Crippen molar-refractivity contribution in [3.05, 3.63) is 0 Å². The molecule has 25 heavy (non-hydrogen) atoms. The minimum Gasteiger partial charge on any atom is -0.387 e. The summed E-state index contributed by atoms with van der Waals surface area (Å²) in [6.45, 7) is 5.32. The Bertz CT molecular complexity index is 494. The molecular weight excluding hydrogens is 310 g/mol. The molecule has 9 atom stereocenters. The second kappa shape index (κ2) is 6.49. The summed E-state index contributed by atoms with van der Waals surface area (Å²) in [6.07, 6.45) is 11.4. The fourth-order valence-electron chi connectivity index (χ4n) is 8.27. The smallest absolute Gasteiger partial charge is 0.0882 e.